The number of aromatic nitrogens is 4. The van der Waals surface area contributed by atoms with Crippen LogP contribution in [0.1, 0.15) is 17.0 Å². The quantitative estimate of drug-likeness (QED) is 0.754. The Kier molecular flexibility index (Phi) is 5.23. The molecule has 2 rings (SSSR count). The second kappa shape index (κ2) is 6.81. The van der Waals surface area contributed by atoms with E-state index in [4.69, 9.17) is 39.5 Å². The van der Waals surface area contributed by atoms with E-state index in [1.165, 1.54) is 6.07 Å². The first-order valence-corrected chi connectivity index (χ1v) is 6.97. The lowest BCUT2D eigenvalue weighted by molar-refractivity contribution is 0.0809. The van der Waals surface area contributed by atoms with Gasteiger partial charge in [0.05, 0.1) is 5.02 Å². The summed E-state index contributed by atoms with van der Waals surface area (Å²) in [6.07, 6.45) is -3.01. The molecular formula is C11H7Cl3F2N4O3. The maximum absolute atomic E-state index is 12.6. The molecule has 0 saturated heterocycles. The molecule has 0 aliphatic rings. The molecule has 0 aliphatic heterocycles. The molecule has 0 saturated carbocycles. The zero-order chi connectivity index (χ0) is 17.3. The van der Waals surface area contributed by atoms with Crippen molar-refractivity contribution in [2.45, 2.75) is 6.43 Å². The van der Waals surface area contributed by atoms with Crippen LogP contribution in [0.4, 0.5) is 8.78 Å². The molecule has 7 nitrogen and oxygen atoms in total. The van der Waals surface area contributed by atoms with Crippen molar-refractivity contribution in [2.75, 3.05) is 6.61 Å². The Bertz CT molecular complexity index is 822. The van der Waals surface area contributed by atoms with Crippen molar-refractivity contribution in [3.05, 3.63) is 37.6 Å². The molecule has 0 bridgehead atoms. The fourth-order valence-electron chi connectivity index (χ4n) is 1.53. The predicted molar refractivity (Wildman–Crippen MR) is 77.8 cm³/mol. The van der Waals surface area contributed by atoms with Gasteiger partial charge in [-0.1, -0.05) is 34.8 Å². The summed E-state index contributed by atoms with van der Waals surface area (Å²) in [7, 11) is 1.07. The largest absolute Gasteiger partial charge is 0.466 e. The molecule has 0 spiro atoms. The van der Waals surface area contributed by atoms with Crippen LogP contribution < -0.4 is 10.4 Å². The number of hydrogen-bond acceptors (Lipinski definition) is 5. The van der Waals surface area contributed by atoms with Gasteiger partial charge in [-0.15, -0.1) is 9.78 Å². The second-order valence-corrected chi connectivity index (χ2v) is 5.32. The van der Waals surface area contributed by atoms with Crippen LogP contribution in [0, 0.1) is 0 Å². The van der Waals surface area contributed by atoms with Crippen LogP contribution >= 0.6 is 34.8 Å². The summed E-state index contributed by atoms with van der Waals surface area (Å²) in [5, 5.41) is 3.22. The highest BCUT2D eigenvalue weighted by Gasteiger charge is 2.22. The zero-order valence-electron chi connectivity index (χ0n) is 11.3. The molecule has 124 valence electrons. The highest BCUT2D eigenvalue weighted by molar-refractivity contribution is 6.42. The number of hydrogen-bond donors (Lipinski definition) is 0. The summed E-state index contributed by atoms with van der Waals surface area (Å²) >= 11 is 17.2. The van der Waals surface area contributed by atoms with Crippen molar-refractivity contribution in [2.24, 2.45) is 7.05 Å². The van der Waals surface area contributed by atoms with Gasteiger partial charge < -0.3 is 4.74 Å². The second-order valence-electron chi connectivity index (χ2n) is 4.14. The Balaban J connectivity index is 2.19. The van der Waals surface area contributed by atoms with Gasteiger partial charge in [0, 0.05) is 7.05 Å². The number of pyridine rings is 1. The summed E-state index contributed by atoms with van der Waals surface area (Å²) in [5.41, 5.74) is -1.03. The highest BCUT2D eigenvalue weighted by Crippen LogP contribution is 2.30. The fraction of sp³-hybridized carbons (Fsp3) is 0.273. The Hall–Kier alpha value is -1.71. The number of ether oxygens (including phenoxy) is 1. The molecule has 0 atom stereocenters. The number of alkyl halides is 2. The van der Waals surface area contributed by atoms with Crippen molar-refractivity contribution in [3.63, 3.8) is 0 Å². The molecule has 0 amide bonds. The van der Waals surface area contributed by atoms with E-state index >= 15 is 0 Å². The normalized spacial score (nSPS) is 11.1. The first-order valence-electron chi connectivity index (χ1n) is 5.84. The molecular weight excluding hydrogens is 381 g/mol. The lowest BCUT2D eigenvalue weighted by Crippen LogP contribution is -2.32. The smallest absolute Gasteiger partial charge is 0.353 e. The van der Waals surface area contributed by atoms with Gasteiger partial charge in [-0.25, -0.2) is 13.6 Å². The summed E-state index contributed by atoms with van der Waals surface area (Å²) in [4.78, 5) is 27.3. The third kappa shape index (κ3) is 3.62. The molecule has 0 N–H and O–H groups in total. The molecule has 12 heteroatoms. The average molecular weight is 388 g/mol. The van der Waals surface area contributed by atoms with E-state index < -0.39 is 30.5 Å². The SMILES string of the molecule is Cn1c(C(F)F)nn(C(=O)COc2nc(Cl)c(Cl)cc2Cl)c1=O. The van der Waals surface area contributed by atoms with Crippen molar-refractivity contribution >= 4 is 40.7 Å². The van der Waals surface area contributed by atoms with Gasteiger partial charge in [-0.2, -0.15) is 4.98 Å². The highest BCUT2D eigenvalue weighted by atomic mass is 35.5. The van der Waals surface area contributed by atoms with Crippen LogP contribution in [0.5, 0.6) is 5.88 Å². The van der Waals surface area contributed by atoms with E-state index in [0.717, 1.165) is 7.05 Å². The lowest BCUT2D eigenvalue weighted by Gasteiger charge is -2.06. The van der Waals surface area contributed by atoms with Crippen LogP contribution in [-0.4, -0.2) is 31.8 Å². The third-order valence-electron chi connectivity index (χ3n) is 2.63. The minimum atomic E-state index is -3.01. The number of halogens is 5. The van der Waals surface area contributed by atoms with Gasteiger partial charge in [-0.3, -0.25) is 9.36 Å². The molecule has 0 radical (unpaired) electrons. The number of nitrogens with zero attached hydrogens (tertiary/aromatic N) is 4. The molecule has 0 aromatic carbocycles. The minimum absolute atomic E-state index is 0.0196. The third-order valence-corrected chi connectivity index (χ3v) is 3.58. The van der Waals surface area contributed by atoms with Crippen molar-refractivity contribution in [1.82, 2.24) is 19.3 Å². The maximum Gasteiger partial charge on any atom is 0.353 e. The standard InChI is InChI=1S/C11H7Cl3F2N4O3/c1-19-9(8(15)16)18-20(11(19)22)6(21)3-23-10-5(13)2-4(12)7(14)17-10/h2,8H,3H2,1H3. The molecule has 2 aromatic heterocycles. The van der Waals surface area contributed by atoms with E-state index in [-0.39, 0.29) is 25.8 Å². The van der Waals surface area contributed by atoms with Crippen molar-refractivity contribution in [1.29, 1.82) is 0 Å². The molecule has 0 unspecified atom stereocenters. The summed E-state index contributed by atoms with van der Waals surface area (Å²) < 4.78 is 31.1. The average Bonchev–Trinajstić information content (AvgIpc) is 2.78. The molecule has 0 fully saturated rings. The summed E-state index contributed by atoms with van der Waals surface area (Å²) in [6.45, 7) is -0.718. The van der Waals surface area contributed by atoms with E-state index in [1.807, 2.05) is 0 Å². The van der Waals surface area contributed by atoms with Crippen LogP contribution in [0.25, 0.3) is 0 Å². The van der Waals surface area contributed by atoms with Gasteiger partial charge in [0.2, 0.25) is 11.7 Å². The monoisotopic (exact) mass is 386 g/mol. The maximum atomic E-state index is 12.6. The zero-order valence-corrected chi connectivity index (χ0v) is 13.5. The Morgan fingerprint density at radius 1 is 1.35 bits per heavy atom. The van der Waals surface area contributed by atoms with Gasteiger partial charge in [0.1, 0.15) is 5.02 Å². The fourth-order valence-corrected chi connectivity index (χ4v) is 2.07. The van der Waals surface area contributed by atoms with E-state index in [9.17, 15) is 18.4 Å². The van der Waals surface area contributed by atoms with Crippen LogP contribution in [0.15, 0.2) is 10.9 Å². The summed E-state index contributed by atoms with van der Waals surface area (Å²) in [5.74, 6) is -2.03. The van der Waals surface area contributed by atoms with Crippen LogP contribution in [-0.2, 0) is 7.05 Å². The van der Waals surface area contributed by atoms with Gasteiger partial charge in [-0.05, 0) is 6.07 Å². The predicted octanol–water partition coefficient (Wildman–Crippen LogP) is 2.59. The van der Waals surface area contributed by atoms with Crippen LogP contribution in [0.3, 0.4) is 0 Å². The van der Waals surface area contributed by atoms with Crippen molar-refractivity contribution in [3.8, 4) is 5.88 Å². The molecule has 23 heavy (non-hydrogen) atoms. The van der Waals surface area contributed by atoms with Gasteiger partial charge >= 0.3 is 5.69 Å². The van der Waals surface area contributed by atoms with Gasteiger partial charge in [0.15, 0.2) is 11.8 Å². The number of rotatable bonds is 4. The lowest BCUT2D eigenvalue weighted by atomic mass is 10.5. The van der Waals surface area contributed by atoms with Crippen molar-refractivity contribution < 1.29 is 18.3 Å². The summed E-state index contributed by atoms with van der Waals surface area (Å²) in [6, 6.07) is 1.25. The van der Waals surface area contributed by atoms with Crippen LogP contribution in [0.2, 0.25) is 15.2 Å². The van der Waals surface area contributed by atoms with E-state index in [2.05, 4.69) is 10.1 Å². The first-order chi connectivity index (χ1) is 10.7. The first kappa shape index (κ1) is 17.6. The van der Waals surface area contributed by atoms with E-state index in [0.29, 0.717) is 4.57 Å². The Morgan fingerprint density at radius 2 is 2.00 bits per heavy atom. The topological polar surface area (TPSA) is 79.0 Å². The Labute approximate surface area is 142 Å². The molecule has 2 aromatic rings. The number of carbonyl (C=O) groups is 1. The number of carbonyl (C=O) groups excluding carboxylic acids is 1. The van der Waals surface area contributed by atoms with Gasteiger partial charge in [0.25, 0.3) is 12.3 Å². The van der Waals surface area contributed by atoms with E-state index in [1.54, 1.807) is 0 Å². The molecule has 2 heterocycles. The molecule has 0 aliphatic carbocycles. The Morgan fingerprint density at radius 3 is 2.57 bits per heavy atom. The minimum Gasteiger partial charge on any atom is -0.466 e.